The van der Waals surface area contributed by atoms with E-state index in [0.29, 0.717) is 6.54 Å². The summed E-state index contributed by atoms with van der Waals surface area (Å²) in [5.74, 6) is 0. The number of benzene rings is 1. The van der Waals surface area contributed by atoms with Crippen LogP contribution in [0.5, 0.6) is 0 Å². The molecule has 108 valence electrons. The van der Waals surface area contributed by atoms with Crippen molar-refractivity contribution in [2.24, 2.45) is 5.73 Å². The highest BCUT2D eigenvalue weighted by Gasteiger charge is 2.15. The van der Waals surface area contributed by atoms with Crippen molar-refractivity contribution in [1.29, 1.82) is 0 Å². The van der Waals surface area contributed by atoms with Crippen molar-refractivity contribution in [3.63, 3.8) is 0 Å². The molecular weight excluding hydrogens is 236 g/mol. The Hall–Kier alpha value is -0.900. The molecular formula is C16H28N2O. The van der Waals surface area contributed by atoms with Gasteiger partial charge in [0.1, 0.15) is 0 Å². The van der Waals surface area contributed by atoms with Gasteiger partial charge in [-0.3, -0.25) is 0 Å². The molecule has 0 saturated heterocycles. The molecule has 1 rings (SSSR count). The van der Waals surface area contributed by atoms with Crippen LogP contribution in [0.1, 0.15) is 37.5 Å². The first-order valence-electron chi connectivity index (χ1n) is 6.89. The quantitative estimate of drug-likeness (QED) is 0.855. The van der Waals surface area contributed by atoms with Crippen LogP contribution in [0.2, 0.25) is 0 Å². The van der Waals surface area contributed by atoms with Crippen LogP contribution in [0.15, 0.2) is 18.2 Å². The van der Waals surface area contributed by atoms with Crippen LogP contribution in [0.3, 0.4) is 0 Å². The van der Waals surface area contributed by atoms with E-state index in [2.05, 4.69) is 50.8 Å². The number of aliphatic hydroxyl groups is 1. The standard InChI is InChI=1S/C16H28N2O/c1-12-6-7-14(16(2,3)4)8-13(12)9-18(5)10-15(17)11-19/h6-8,15,19H,9-11,17H2,1-5H3. The topological polar surface area (TPSA) is 49.5 Å². The molecule has 0 saturated carbocycles. The van der Waals surface area contributed by atoms with Gasteiger partial charge in [0, 0.05) is 19.1 Å². The van der Waals surface area contributed by atoms with Crippen LogP contribution in [0.25, 0.3) is 0 Å². The Balaban J connectivity index is 2.83. The second-order valence-electron chi connectivity index (χ2n) is 6.53. The maximum Gasteiger partial charge on any atom is 0.0595 e. The molecule has 0 spiro atoms. The van der Waals surface area contributed by atoms with Crippen molar-refractivity contribution in [1.82, 2.24) is 4.90 Å². The molecule has 0 bridgehead atoms. The van der Waals surface area contributed by atoms with E-state index in [0.717, 1.165) is 6.54 Å². The Morgan fingerprint density at radius 1 is 1.32 bits per heavy atom. The average molecular weight is 264 g/mol. The van der Waals surface area contributed by atoms with Gasteiger partial charge in [0.15, 0.2) is 0 Å². The molecule has 0 aliphatic carbocycles. The van der Waals surface area contributed by atoms with E-state index in [1.807, 2.05) is 7.05 Å². The second-order valence-corrected chi connectivity index (χ2v) is 6.53. The van der Waals surface area contributed by atoms with Gasteiger partial charge in [-0.25, -0.2) is 0 Å². The largest absolute Gasteiger partial charge is 0.395 e. The maximum absolute atomic E-state index is 9.00. The zero-order chi connectivity index (χ0) is 14.6. The van der Waals surface area contributed by atoms with Crippen LogP contribution in [0.4, 0.5) is 0 Å². The number of hydrogen-bond donors (Lipinski definition) is 2. The zero-order valence-corrected chi connectivity index (χ0v) is 12.9. The van der Waals surface area contributed by atoms with Gasteiger partial charge in [0.05, 0.1) is 6.61 Å². The third-order valence-electron chi connectivity index (χ3n) is 3.44. The fraction of sp³-hybridized carbons (Fsp3) is 0.625. The number of rotatable bonds is 5. The number of nitrogens with zero attached hydrogens (tertiary/aromatic N) is 1. The summed E-state index contributed by atoms with van der Waals surface area (Å²) in [7, 11) is 2.04. The minimum atomic E-state index is -0.170. The lowest BCUT2D eigenvalue weighted by atomic mass is 9.85. The third-order valence-corrected chi connectivity index (χ3v) is 3.44. The van der Waals surface area contributed by atoms with Gasteiger partial charge in [0.25, 0.3) is 0 Å². The molecule has 1 unspecified atom stereocenters. The lowest BCUT2D eigenvalue weighted by Gasteiger charge is -2.24. The van der Waals surface area contributed by atoms with Crippen molar-refractivity contribution < 1.29 is 5.11 Å². The molecule has 3 nitrogen and oxygen atoms in total. The minimum Gasteiger partial charge on any atom is -0.395 e. The summed E-state index contributed by atoms with van der Waals surface area (Å²) in [6, 6.07) is 6.51. The Labute approximate surface area is 117 Å². The summed E-state index contributed by atoms with van der Waals surface area (Å²) in [4.78, 5) is 2.16. The molecule has 0 heterocycles. The number of aliphatic hydroxyl groups excluding tert-OH is 1. The summed E-state index contributed by atoms with van der Waals surface area (Å²) < 4.78 is 0. The predicted octanol–water partition coefficient (Wildman–Crippen LogP) is 2.04. The normalized spacial score (nSPS) is 13.9. The van der Waals surface area contributed by atoms with Gasteiger partial charge in [-0.05, 0) is 36.1 Å². The van der Waals surface area contributed by atoms with Gasteiger partial charge in [-0.1, -0.05) is 39.0 Å². The van der Waals surface area contributed by atoms with Crippen molar-refractivity contribution in [2.45, 2.75) is 45.7 Å². The van der Waals surface area contributed by atoms with Crippen LogP contribution >= 0.6 is 0 Å². The fourth-order valence-corrected chi connectivity index (χ4v) is 2.12. The van der Waals surface area contributed by atoms with Crippen molar-refractivity contribution in [3.05, 3.63) is 34.9 Å². The number of likely N-dealkylation sites (N-methyl/N-ethyl adjacent to an activating group) is 1. The summed E-state index contributed by atoms with van der Waals surface area (Å²) >= 11 is 0. The highest BCUT2D eigenvalue weighted by molar-refractivity contribution is 5.34. The van der Waals surface area contributed by atoms with E-state index in [1.54, 1.807) is 0 Å². The molecule has 0 aromatic heterocycles. The van der Waals surface area contributed by atoms with Gasteiger partial charge >= 0.3 is 0 Å². The summed E-state index contributed by atoms with van der Waals surface area (Å²) in [5.41, 5.74) is 9.93. The number of aryl methyl sites for hydroxylation is 1. The molecule has 1 atom stereocenters. The molecule has 19 heavy (non-hydrogen) atoms. The first kappa shape index (κ1) is 16.2. The highest BCUT2D eigenvalue weighted by Crippen LogP contribution is 2.25. The predicted molar refractivity (Wildman–Crippen MR) is 81.3 cm³/mol. The van der Waals surface area contributed by atoms with Crippen LogP contribution in [0, 0.1) is 6.92 Å². The van der Waals surface area contributed by atoms with E-state index in [1.165, 1.54) is 16.7 Å². The molecule has 1 aromatic carbocycles. The minimum absolute atomic E-state index is 0.0331. The second kappa shape index (κ2) is 6.51. The van der Waals surface area contributed by atoms with Gasteiger partial charge in [-0.15, -0.1) is 0 Å². The lowest BCUT2D eigenvalue weighted by Crippen LogP contribution is -2.37. The van der Waals surface area contributed by atoms with Crippen molar-refractivity contribution >= 4 is 0 Å². The summed E-state index contributed by atoms with van der Waals surface area (Å²) in [6.45, 7) is 10.4. The number of nitrogens with two attached hydrogens (primary N) is 1. The molecule has 3 N–H and O–H groups in total. The van der Waals surface area contributed by atoms with E-state index in [-0.39, 0.29) is 18.1 Å². The van der Waals surface area contributed by atoms with E-state index < -0.39 is 0 Å². The Kier molecular flexibility index (Phi) is 5.53. The Bertz CT molecular complexity index is 410. The lowest BCUT2D eigenvalue weighted by molar-refractivity contribution is 0.218. The highest BCUT2D eigenvalue weighted by atomic mass is 16.3. The van der Waals surface area contributed by atoms with E-state index in [9.17, 15) is 0 Å². The molecule has 0 aliphatic heterocycles. The SMILES string of the molecule is Cc1ccc(C(C)(C)C)cc1CN(C)CC(N)CO. The fourth-order valence-electron chi connectivity index (χ4n) is 2.12. The average Bonchev–Trinajstić information content (AvgIpc) is 2.30. The number of hydrogen-bond acceptors (Lipinski definition) is 3. The Morgan fingerprint density at radius 3 is 2.47 bits per heavy atom. The molecule has 0 fully saturated rings. The molecule has 0 radical (unpaired) electrons. The zero-order valence-electron chi connectivity index (χ0n) is 12.9. The Morgan fingerprint density at radius 2 is 1.95 bits per heavy atom. The summed E-state index contributed by atoms with van der Waals surface area (Å²) in [6.07, 6.45) is 0. The summed E-state index contributed by atoms with van der Waals surface area (Å²) in [5, 5.41) is 9.00. The first-order valence-corrected chi connectivity index (χ1v) is 6.89. The van der Waals surface area contributed by atoms with Crippen molar-refractivity contribution in [3.8, 4) is 0 Å². The van der Waals surface area contributed by atoms with Crippen LogP contribution in [-0.4, -0.2) is 36.2 Å². The van der Waals surface area contributed by atoms with Gasteiger partial charge in [-0.2, -0.15) is 0 Å². The van der Waals surface area contributed by atoms with Gasteiger partial charge in [0.2, 0.25) is 0 Å². The first-order chi connectivity index (χ1) is 8.74. The molecule has 0 amide bonds. The smallest absolute Gasteiger partial charge is 0.0595 e. The maximum atomic E-state index is 9.00. The van der Waals surface area contributed by atoms with Gasteiger partial charge < -0.3 is 15.7 Å². The third kappa shape index (κ3) is 4.94. The van der Waals surface area contributed by atoms with Crippen molar-refractivity contribution in [2.75, 3.05) is 20.2 Å². The van der Waals surface area contributed by atoms with Crippen LogP contribution in [-0.2, 0) is 12.0 Å². The monoisotopic (exact) mass is 264 g/mol. The molecule has 1 aromatic rings. The molecule has 3 heteroatoms. The van der Waals surface area contributed by atoms with Crippen LogP contribution < -0.4 is 5.73 Å². The van der Waals surface area contributed by atoms with E-state index >= 15 is 0 Å². The van der Waals surface area contributed by atoms with E-state index in [4.69, 9.17) is 10.8 Å². The molecule has 0 aliphatic rings.